The van der Waals surface area contributed by atoms with Gasteiger partial charge in [-0.05, 0) is 35.6 Å². The summed E-state index contributed by atoms with van der Waals surface area (Å²) in [6, 6.07) is 1.85. The number of hydrogen-bond donors (Lipinski definition) is 3. The predicted molar refractivity (Wildman–Crippen MR) is 57.3 cm³/mol. The quantitative estimate of drug-likeness (QED) is 0.734. The van der Waals surface area contributed by atoms with Crippen LogP contribution in [0.4, 0.5) is 0 Å². The highest BCUT2D eigenvalue weighted by molar-refractivity contribution is 14.1. The zero-order valence-electron chi connectivity index (χ0n) is 7.17. The van der Waals surface area contributed by atoms with Gasteiger partial charge in [-0.2, -0.15) is 0 Å². The Morgan fingerprint density at radius 3 is 2.85 bits per heavy atom. The van der Waals surface area contributed by atoms with E-state index in [1.54, 1.807) is 13.1 Å². The highest BCUT2D eigenvalue weighted by Crippen LogP contribution is 2.21. The summed E-state index contributed by atoms with van der Waals surface area (Å²) in [5.41, 5.74) is 5.76. The van der Waals surface area contributed by atoms with Crippen molar-refractivity contribution in [3.8, 4) is 0 Å². The summed E-state index contributed by atoms with van der Waals surface area (Å²) >= 11 is 2.14. The molecular weight excluding hydrogens is 283 g/mol. The Kier molecular flexibility index (Phi) is 2.97. The van der Waals surface area contributed by atoms with Gasteiger partial charge in [0.15, 0.2) is 0 Å². The number of aromatic amines is 1. The molecule has 0 aliphatic carbocycles. The first-order chi connectivity index (χ1) is 5.92. The third-order valence-corrected chi connectivity index (χ3v) is 2.40. The van der Waals surface area contributed by atoms with Crippen molar-refractivity contribution >= 4 is 28.6 Å². The smallest absolute Gasteiger partial charge is 0.305 e. The molecule has 5 heteroatoms. The summed E-state index contributed by atoms with van der Waals surface area (Å²) in [6.45, 7) is 1.70. The maximum absolute atomic E-state index is 10.5. The van der Waals surface area contributed by atoms with Crippen LogP contribution in [-0.2, 0) is 10.3 Å². The Balaban J connectivity index is 2.86. The molecule has 72 valence electrons. The van der Waals surface area contributed by atoms with Crippen LogP contribution >= 0.6 is 22.6 Å². The molecule has 4 nitrogen and oxygen atoms in total. The van der Waals surface area contributed by atoms with Crippen LogP contribution in [0.25, 0.3) is 0 Å². The van der Waals surface area contributed by atoms with Crippen LogP contribution in [0.2, 0.25) is 0 Å². The van der Waals surface area contributed by atoms with Crippen LogP contribution in [0.1, 0.15) is 19.0 Å². The van der Waals surface area contributed by atoms with Crippen LogP contribution in [0.3, 0.4) is 0 Å². The fourth-order valence-electron chi connectivity index (χ4n) is 1.11. The number of halogens is 1. The van der Waals surface area contributed by atoms with Gasteiger partial charge < -0.3 is 15.8 Å². The molecule has 4 N–H and O–H groups in total. The zero-order chi connectivity index (χ0) is 10.1. The van der Waals surface area contributed by atoms with Gasteiger partial charge in [-0.25, -0.2) is 0 Å². The number of carboxylic acids is 1. The molecule has 0 fully saturated rings. The van der Waals surface area contributed by atoms with E-state index < -0.39 is 11.5 Å². The number of carboxylic acid groups (broad SMARTS) is 1. The van der Waals surface area contributed by atoms with Crippen molar-refractivity contribution in [2.45, 2.75) is 18.9 Å². The summed E-state index contributed by atoms with van der Waals surface area (Å²) in [5, 5.41) is 8.62. The van der Waals surface area contributed by atoms with E-state index in [2.05, 4.69) is 27.6 Å². The molecule has 0 saturated heterocycles. The Bertz CT molecular complexity index is 320. The van der Waals surface area contributed by atoms with Crippen LogP contribution in [0.5, 0.6) is 0 Å². The first-order valence-electron chi connectivity index (χ1n) is 3.77. The molecule has 0 bridgehead atoms. The molecule has 1 heterocycles. The number of carbonyl (C=O) groups is 1. The van der Waals surface area contributed by atoms with Gasteiger partial charge in [-0.15, -0.1) is 0 Å². The van der Waals surface area contributed by atoms with E-state index in [0.717, 1.165) is 9.26 Å². The topological polar surface area (TPSA) is 79.1 Å². The second kappa shape index (κ2) is 3.67. The van der Waals surface area contributed by atoms with E-state index in [0.29, 0.717) is 0 Å². The van der Waals surface area contributed by atoms with Gasteiger partial charge in [0.2, 0.25) is 0 Å². The summed E-state index contributed by atoms with van der Waals surface area (Å²) < 4.78 is 1.02. The SMILES string of the molecule is C[C@](N)(CC(=O)O)c1cc(I)c[nH]1. The molecule has 0 aromatic carbocycles. The van der Waals surface area contributed by atoms with E-state index in [9.17, 15) is 4.79 Å². The highest BCUT2D eigenvalue weighted by atomic mass is 127. The predicted octanol–water partition coefficient (Wildman–Crippen LogP) is 1.27. The highest BCUT2D eigenvalue weighted by Gasteiger charge is 2.25. The minimum atomic E-state index is -0.894. The fourth-order valence-corrected chi connectivity index (χ4v) is 1.57. The standard InChI is InChI=1S/C8H11IN2O2/c1-8(10,3-7(12)13)6-2-5(9)4-11-6/h2,4,11H,3,10H2,1H3,(H,12,13)/t8-/m0/s1. The Hall–Kier alpha value is -0.560. The average Bonchev–Trinajstić information content (AvgIpc) is 2.32. The Labute approximate surface area is 89.7 Å². The largest absolute Gasteiger partial charge is 0.481 e. The summed E-state index contributed by atoms with van der Waals surface area (Å²) in [4.78, 5) is 13.5. The normalized spacial score (nSPS) is 15.3. The van der Waals surface area contributed by atoms with Crippen molar-refractivity contribution in [1.29, 1.82) is 0 Å². The molecule has 1 aromatic rings. The molecule has 0 spiro atoms. The average molecular weight is 294 g/mol. The Morgan fingerprint density at radius 2 is 2.46 bits per heavy atom. The van der Waals surface area contributed by atoms with Gasteiger partial charge in [0.05, 0.1) is 12.0 Å². The van der Waals surface area contributed by atoms with Crippen molar-refractivity contribution in [3.05, 3.63) is 21.5 Å². The monoisotopic (exact) mass is 294 g/mol. The molecule has 13 heavy (non-hydrogen) atoms. The first-order valence-corrected chi connectivity index (χ1v) is 4.85. The fraction of sp³-hybridized carbons (Fsp3) is 0.375. The number of aromatic nitrogens is 1. The minimum Gasteiger partial charge on any atom is -0.481 e. The minimum absolute atomic E-state index is 0.0798. The van der Waals surface area contributed by atoms with Gasteiger partial charge in [0.25, 0.3) is 0 Å². The molecular formula is C8H11IN2O2. The lowest BCUT2D eigenvalue weighted by Crippen LogP contribution is -2.35. The van der Waals surface area contributed by atoms with E-state index in [4.69, 9.17) is 10.8 Å². The summed E-state index contributed by atoms with van der Waals surface area (Å²) in [5.74, 6) is -0.894. The van der Waals surface area contributed by atoms with Crippen LogP contribution < -0.4 is 5.73 Å². The van der Waals surface area contributed by atoms with Crippen molar-refractivity contribution in [1.82, 2.24) is 4.98 Å². The third-order valence-electron chi connectivity index (χ3n) is 1.78. The number of nitrogens with one attached hydrogen (secondary N) is 1. The van der Waals surface area contributed by atoms with Crippen molar-refractivity contribution in [2.24, 2.45) is 5.73 Å². The van der Waals surface area contributed by atoms with E-state index in [-0.39, 0.29) is 6.42 Å². The lowest BCUT2D eigenvalue weighted by Gasteiger charge is -2.20. The van der Waals surface area contributed by atoms with Crippen LogP contribution in [0.15, 0.2) is 12.3 Å². The van der Waals surface area contributed by atoms with Crippen molar-refractivity contribution in [2.75, 3.05) is 0 Å². The number of H-pyrrole nitrogens is 1. The molecule has 0 aliphatic heterocycles. The van der Waals surface area contributed by atoms with Crippen LogP contribution in [0, 0.1) is 3.57 Å². The molecule has 0 aliphatic rings. The first kappa shape index (κ1) is 10.5. The molecule has 0 amide bonds. The number of nitrogens with two attached hydrogens (primary N) is 1. The molecule has 0 radical (unpaired) electrons. The molecule has 1 aromatic heterocycles. The second-order valence-corrected chi connectivity index (χ2v) is 4.47. The van der Waals surface area contributed by atoms with Gasteiger partial charge >= 0.3 is 5.97 Å². The lowest BCUT2D eigenvalue weighted by atomic mass is 9.95. The maximum Gasteiger partial charge on any atom is 0.305 e. The van der Waals surface area contributed by atoms with Gasteiger partial charge in [0.1, 0.15) is 0 Å². The lowest BCUT2D eigenvalue weighted by molar-refractivity contribution is -0.138. The van der Waals surface area contributed by atoms with E-state index in [1.165, 1.54) is 0 Å². The Morgan fingerprint density at radius 1 is 1.85 bits per heavy atom. The van der Waals surface area contributed by atoms with Crippen molar-refractivity contribution in [3.63, 3.8) is 0 Å². The maximum atomic E-state index is 10.5. The molecule has 1 atom stereocenters. The van der Waals surface area contributed by atoms with Crippen LogP contribution in [-0.4, -0.2) is 16.1 Å². The number of rotatable bonds is 3. The van der Waals surface area contributed by atoms with Crippen molar-refractivity contribution < 1.29 is 9.90 Å². The third kappa shape index (κ3) is 2.70. The van der Waals surface area contributed by atoms with Gasteiger partial charge in [-0.1, -0.05) is 0 Å². The molecule has 0 unspecified atom stereocenters. The molecule has 1 rings (SSSR count). The molecule has 0 saturated carbocycles. The zero-order valence-corrected chi connectivity index (χ0v) is 9.33. The van der Waals surface area contributed by atoms with Gasteiger partial charge in [-0.3, -0.25) is 4.79 Å². The number of aliphatic carboxylic acids is 1. The number of hydrogen-bond acceptors (Lipinski definition) is 2. The summed E-state index contributed by atoms with van der Waals surface area (Å²) in [6.07, 6.45) is 1.71. The summed E-state index contributed by atoms with van der Waals surface area (Å²) in [7, 11) is 0. The van der Waals surface area contributed by atoms with E-state index >= 15 is 0 Å². The van der Waals surface area contributed by atoms with Gasteiger partial charge in [0, 0.05) is 15.5 Å². The second-order valence-electron chi connectivity index (χ2n) is 3.22. The van der Waals surface area contributed by atoms with E-state index in [1.807, 2.05) is 6.07 Å².